The van der Waals surface area contributed by atoms with E-state index in [-0.39, 0.29) is 16.8 Å². The molecule has 1 saturated carbocycles. The first-order chi connectivity index (χ1) is 9.99. The van der Waals surface area contributed by atoms with Gasteiger partial charge >= 0.3 is 5.69 Å². The number of rotatable bonds is 2. The maximum absolute atomic E-state index is 12.8. The van der Waals surface area contributed by atoms with Gasteiger partial charge in [0, 0.05) is 6.04 Å². The first-order valence-electron chi connectivity index (χ1n) is 7.09. The number of hydrogen-bond acceptors (Lipinski definition) is 2. The van der Waals surface area contributed by atoms with Crippen LogP contribution in [0.4, 0.5) is 0 Å². The molecule has 0 atom stereocenters. The fraction of sp³-hybridized carbons (Fsp3) is 0.375. The first-order valence-corrected chi connectivity index (χ1v) is 7.47. The second-order valence-electron chi connectivity index (χ2n) is 5.84. The third-order valence-corrected chi connectivity index (χ3v) is 4.50. The predicted molar refractivity (Wildman–Crippen MR) is 83.9 cm³/mol. The van der Waals surface area contributed by atoms with Gasteiger partial charge in [-0.05, 0) is 36.8 Å². The molecule has 0 radical (unpaired) electrons. The van der Waals surface area contributed by atoms with Crippen LogP contribution in [0.3, 0.4) is 0 Å². The minimum Gasteiger partial charge on any atom is -0.297 e. The highest BCUT2D eigenvalue weighted by molar-refractivity contribution is 6.32. The predicted octanol–water partition coefficient (Wildman–Crippen LogP) is 3.14. The zero-order valence-corrected chi connectivity index (χ0v) is 12.8. The maximum atomic E-state index is 12.8. The van der Waals surface area contributed by atoms with Crippen molar-refractivity contribution < 1.29 is 0 Å². The summed E-state index contributed by atoms with van der Waals surface area (Å²) < 4.78 is 1.33. The molecule has 0 spiro atoms. The van der Waals surface area contributed by atoms with Gasteiger partial charge < -0.3 is 0 Å². The van der Waals surface area contributed by atoms with Crippen LogP contribution in [0.5, 0.6) is 0 Å². The molecule has 2 aromatic rings. The van der Waals surface area contributed by atoms with Crippen LogP contribution in [-0.2, 0) is 0 Å². The van der Waals surface area contributed by atoms with Crippen molar-refractivity contribution in [3.63, 3.8) is 0 Å². The van der Waals surface area contributed by atoms with Gasteiger partial charge in [-0.1, -0.05) is 42.8 Å². The van der Waals surface area contributed by atoms with Gasteiger partial charge in [-0.25, -0.2) is 4.79 Å². The molecule has 0 saturated heterocycles. The lowest BCUT2D eigenvalue weighted by atomic mass is 9.81. The van der Waals surface area contributed by atoms with E-state index in [1.165, 1.54) is 4.57 Å². The number of halogens is 1. The largest absolute Gasteiger partial charge is 0.329 e. The zero-order valence-electron chi connectivity index (χ0n) is 12.0. The van der Waals surface area contributed by atoms with Gasteiger partial charge in [-0.3, -0.25) is 14.3 Å². The minimum atomic E-state index is -0.417. The Bertz CT molecular complexity index is 801. The number of hydrogen-bond donors (Lipinski definition) is 1. The van der Waals surface area contributed by atoms with Crippen molar-refractivity contribution in [2.24, 2.45) is 5.92 Å². The van der Waals surface area contributed by atoms with E-state index in [0.717, 1.165) is 24.0 Å². The van der Waals surface area contributed by atoms with Crippen LogP contribution in [0, 0.1) is 12.8 Å². The lowest BCUT2D eigenvalue weighted by molar-refractivity contribution is 0.205. The molecular weight excluding hydrogens is 288 g/mol. The molecule has 0 unspecified atom stereocenters. The van der Waals surface area contributed by atoms with Crippen LogP contribution < -0.4 is 11.2 Å². The van der Waals surface area contributed by atoms with Gasteiger partial charge in [-0.2, -0.15) is 0 Å². The zero-order chi connectivity index (χ0) is 15.1. The molecule has 1 fully saturated rings. The summed E-state index contributed by atoms with van der Waals surface area (Å²) in [7, 11) is 0. The molecule has 5 heteroatoms. The van der Waals surface area contributed by atoms with E-state index in [1.807, 2.05) is 31.2 Å². The van der Waals surface area contributed by atoms with E-state index in [0.29, 0.717) is 11.5 Å². The normalized spacial score (nSPS) is 21.1. The fourth-order valence-electron chi connectivity index (χ4n) is 3.01. The average molecular weight is 305 g/mol. The number of nitrogens with zero attached hydrogens (tertiary/aromatic N) is 1. The van der Waals surface area contributed by atoms with Crippen molar-refractivity contribution in [3.05, 3.63) is 55.8 Å². The molecule has 0 bridgehead atoms. The Labute approximate surface area is 127 Å². The smallest absolute Gasteiger partial charge is 0.297 e. The lowest BCUT2D eigenvalue weighted by Crippen LogP contribution is -2.43. The molecule has 21 heavy (non-hydrogen) atoms. The van der Waals surface area contributed by atoms with E-state index in [1.54, 1.807) is 0 Å². The molecule has 110 valence electrons. The van der Waals surface area contributed by atoms with Crippen LogP contribution in [-0.4, -0.2) is 9.55 Å². The number of H-pyrrole nitrogens is 1. The van der Waals surface area contributed by atoms with E-state index >= 15 is 0 Å². The molecule has 1 aliphatic rings. The third kappa shape index (κ3) is 2.33. The van der Waals surface area contributed by atoms with E-state index in [9.17, 15) is 9.59 Å². The Morgan fingerprint density at radius 1 is 1.24 bits per heavy atom. The van der Waals surface area contributed by atoms with E-state index in [4.69, 9.17) is 11.6 Å². The second-order valence-corrected chi connectivity index (χ2v) is 6.22. The Hall–Kier alpha value is -1.81. The monoisotopic (exact) mass is 304 g/mol. The Morgan fingerprint density at radius 2 is 1.90 bits per heavy atom. The summed E-state index contributed by atoms with van der Waals surface area (Å²) in [6.45, 7) is 4.04. The maximum Gasteiger partial charge on any atom is 0.329 e. The lowest BCUT2D eigenvalue weighted by Gasteiger charge is -2.33. The number of aryl methyl sites for hydroxylation is 1. The van der Waals surface area contributed by atoms with Crippen molar-refractivity contribution >= 4 is 11.6 Å². The number of nitrogens with one attached hydrogen (secondary N) is 1. The van der Waals surface area contributed by atoms with Gasteiger partial charge in [0.25, 0.3) is 5.56 Å². The third-order valence-electron chi connectivity index (χ3n) is 4.22. The Balaban J connectivity index is 2.23. The van der Waals surface area contributed by atoms with Gasteiger partial charge in [0.2, 0.25) is 0 Å². The second kappa shape index (κ2) is 5.19. The number of benzene rings is 1. The molecule has 1 aliphatic carbocycles. The fourth-order valence-corrected chi connectivity index (χ4v) is 3.28. The summed E-state index contributed by atoms with van der Waals surface area (Å²) in [6.07, 6.45) is 1.72. The van der Waals surface area contributed by atoms with Crippen LogP contribution in [0.1, 0.15) is 31.4 Å². The van der Waals surface area contributed by atoms with Crippen molar-refractivity contribution in [1.82, 2.24) is 9.55 Å². The first kappa shape index (κ1) is 14.1. The molecule has 3 rings (SSSR count). The summed E-state index contributed by atoms with van der Waals surface area (Å²) in [5, 5.41) is 0.114. The van der Waals surface area contributed by atoms with Crippen LogP contribution in [0.2, 0.25) is 5.15 Å². The number of aromatic amines is 1. The summed E-state index contributed by atoms with van der Waals surface area (Å²) in [5.41, 5.74) is 1.39. The van der Waals surface area contributed by atoms with Gasteiger partial charge in [-0.15, -0.1) is 0 Å². The summed E-state index contributed by atoms with van der Waals surface area (Å²) in [5.74, 6) is 0.555. The van der Waals surface area contributed by atoms with Crippen LogP contribution in [0.15, 0.2) is 33.9 Å². The van der Waals surface area contributed by atoms with Gasteiger partial charge in [0.15, 0.2) is 0 Å². The summed E-state index contributed by atoms with van der Waals surface area (Å²) in [6, 6.07) is 7.52. The van der Waals surface area contributed by atoms with Crippen molar-refractivity contribution in [1.29, 1.82) is 0 Å². The van der Waals surface area contributed by atoms with Crippen LogP contribution in [0.25, 0.3) is 11.1 Å². The SMILES string of the molecule is Cc1ccccc1-c1c(Cl)[nH]c(=O)n(C2CC(C)C2)c1=O. The highest BCUT2D eigenvalue weighted by atomic mass is 35.5. The molecule has 1 aromatic carbocycles. The Kier molecular flexibility index (Phi) is 3.49. The molecule has 1 aromatic heterocycles. The van der Waals surface area contributed by atoms with Crippen LogP contribution >= 0.6 is 11.6 Å². The average Bonchev–Trinajstić information content (AvgIpc) is 2.38. The van der Waals surface area contributed by atoms with E-state index in [2.05, 4.69) is 11.9 Å². The topological polar surface area (TPSA) is 54.9 Å². The highest BCUT2D eigenvalue weighted by Gasteiger charge is 2.30. The van der Waals surface area contributed by atoms with E-state index < -0.39 is 5.69 Å². The van der Waals surface area contributed by atoms with Crippen molar-refractivity contribution in [3.8, 4) is 11.1 Å². The standard InChI is InChI=1S/C16H17ClN2O2/c1-9-7-11(8-9)19-15(20)13(14(17)18-16(19)21)12-6-4-3-5-10(12)2/h3-6,9,11H,7-8H2,1-2H3,(H,18,21). The molecule has 4 nitrogen and oxygen atoms in total. The molecule has 1 heterocycles. The van der Waals surface area contributed by atoms with Gasteiger partial charge in [0.05, 0.1) is 5.56 Å². The highest BCUT2D eigenvalue weighted by Crippen LogP contribution is 2.36. The van der Waals surface area contributed by atoms with Crippen molar-refractivity contribution in [2.75, 3.05) is 0 Å². The summed E-state index contributed by atoms with van der Waals surface area (Å²) >= 11 is 6.14. The summed E-state index contributed by atoms with van der Waals surface area (Å²) in [4.78, 5) is 27.5. The number of aromatic nitrogens is 2. The van der Waals surface area contributed by atoms with Crippen molar-refractivity contribution in [2.45, 2.75) is 32.7 Å². The molecule has 1 N–H and O–H groups in total. The minimum absolute atomic E-state index is 0.0173. The molecule has 0 aliphatic heterocycles. The molecular formula is C16H17ClN2O2. The quantitative estimate of drug-likeness (QED) is 0.867. The van der Waals surface area contributed by atoms with Gasteiger partial charge in [0.1, 0.15) is 5.15 Å². The molecule has 0 amide bonds. The Morgan fingerprint density at radius 3 is 2.52 bits per heavy atom.